The van der Waals surface area contributed by atoms with Crippen LogP contribution in [0.2, 0.25) is 0 Å². The summed E-state index contributed by atoms with van der Waals surface area (Å²) in [6.07, 6.45) is -4.63. The predicted octanol–water partition coefficient (Wildman–Crippen LogP) is 6.46. The molecule has 5 rings (SSSR count). The van der Waals surface area contributed by atoms with E-state index in [1.165, 1.54) is 18.2 Å². The molecule has 3 aromatic carbocycles. The van der Waals surface area contributed by atoms with E-state index in [1.54, 1.807) is 24.3 Å². The zero-order valence-corrected chi connectivity index (χ0v) is 18.1. The second-order valence-electron chi connectivity index (χ2n) is 7.49. The summed E-state index contributed by atoms with van der Waals surface area (Å²) in [5, 5.41) is -0.0606. The Hall–Kier alpha value is -3.46. The third kappa shape index (κ3) is 3.52. The summed E-state index contributed by atoms with van der Waals surface area (Å²) in [5.41, 5.74) is -1.19. The molecule has 1 amide bonds. The van der Waals surface area contributed by atoms with E-state index in [0.717, 1.165) is 33.6 Å². The van der Waals surface area contributed by atoms with Crippen LogP contribution in [0, 0.1) is 5.82 Å². The Morgan fingerprint density at radius 3 is 2.36 bits per heavy atom. The molecule has 1 atom stereocenters. The molecular weight excluding hydrogens is 506 g/mol. The fraction of sp³-hybridized carbons (Fsp3) is 0.0833. The van der Waals surface area contributed by atoms with Gasteiger partial charge in [-0.1, -0.05) is 34.1 Å². The van der Waals surface area contributed by atoms with Crippen LogP contribution in [-0.2, 0) is 6.18 Å². The molecule has 0 radical (unpaired) electrons. The highest BCUT2D eigenvalue weighted by atomic mass is 79.9. The Labute approximate surface area is 192 Å². The first-order valence-electron chi connectivity index (χ1n) is 9.67. The van der Waals surface area contributed by atoms with E-state index in [1.807, 2.05) is 0 Å². The molecule has 0 aliphatic carbocycles. The molecule has 1 aromatic heterocycles. The lowest BCUT2D eigenvalue weighted by atomic mass is 9.98. The maximum absolute atomic E-state index is 13.8. The van der Waals surface area contributed by atoms with Gasteiger partial charge >= 0.3 is 6.18 Å². The standard InChI is InChI=1S/C24H12BrF4NO3/c25-14-6-4-12(5-7-14)20-19-21(31)17-11-15(26)8-9-18(17)33-22(19)23(32)30(20)16-3-1-2-13(10-16)24(27,28)29/h1-11,20H. The molecule has 33 heavy (non-hydrogen) atoms. The molecule has 4 aromatic rings. The van der Waals surface area contributed by atoms with E-state index in [9.17, 15) is 27.2 Å². The summed E-state index contributed by atoms with van der Waals surface area (Å²) in [7, 11) is 0. The van der Waals surface area contributed by atoms with Crippen molar-refractivity contribution in [2.24, 2.45) is 0 Å². The van der Waals surface area contributed by atoms with E-state index in [-0.39, 0.29) is 28.0 Å². The Bertz CT molecular complexity index is 1480. The lowest BCUT2D eigenvalue weighted by molar-refractivity contribution is -0.137. The number of carbonyl (C=O) groups is 1. The highest BCUT2D eigenvalue weighted by molar-refractivity contribution is 9.10. The predicted molar refractivity (Wildman–Crippen MR) is 117 cm³/mol. The van der Waals surface area contributed by atoms with Gasteiger partial charge in [0.1, 0.15) is 11.4 Å². The molecule has 1 unspecified atom stereocenters. The first kappa shape index (κ1) is 21.4. The van der Waals surface area contributed by atoms with Gasteiger partial charge in [0.25, 0.3) is 5.91 Å². The van der Waals surface area contributed by atoms with Crippen LogP contribution >= 0.6 is 15.9 Å². The fourth-order valence-corrected chi connectivity index (χ4v) is 4.27. The molecule has 0 spiro atoms. The molecule has 2 heterocycles. The molecule has 9 heteroatoms. The molecule has 0 saturated carbocycles. The largest absolute Gasteiger partial charge is 0.450 e. The van der Waals surface area contributed by atoms with Gasteiger partial charge in [-0.25, -0.2) is 4.39 Å². The zero-order valence-electron chi connectivity index (χ0n) is 16.5. The number of hydrogen-bond acceptors (Lipinski definition) is 3. The normalized spacial score (nSPS) is 15.8. The van der Waals surface area contributed by atoms with Crippen LogP contribution in [0.15, 0.2) is 80.4 Å². The number of nitrogens with zero attached hydrogens (tertiary/aromatic N) is 1. The summed E-state index contributed by atoms with van der Waals surface area (Å²) in [6.45, 7) is 0. The average molecular weight is 518 g/mol. The van der Waals surface area contributed by atoms with Crippen LogP contribution in [-0.4, -0.2) is 5.91 Å². The lowest BCUT2D eigenvalue weighted by Gasteiger charge is -2.26. The SMILES string of the molecule is O=C1c2oc3ccc(F)cc3c(=O)c2C(c2ccc(Br)cc2)N1c1cccc(C(F)(F)F)c1. The Morgan fingerprint density at radius 2 is 1.67 bits per heavy atom. The first-order valence-corrected chi connectivity index (χ1v) is 10.5. The fourth-order valence-electron chi connectivity index (χ4n) is 4.00. The molecule has 0 N–H and O–H groups in total. The highest BCUT2D eigenvalue weighted by Crippen LogP contribution is 2.42. The van der Waals surface area contributed by atoms with E-state index in [4.69, 9.17) is 4.42 Å². The van der Waals surface area contributed by atoms with Crippen molar-refractivity contribution in [2.75, 3.05) is 4.90 Å². The van der Waals surface area contributed by atoms with Crippen molar-refractivity contribution in [3.8, 4) is 0 Å². The van der Waals surface area contributed by atoms with Gasteiger partial charge in [-0.2, -0.15) is 13.2 Å². The zero-order chi connectivity index (χ0) is 23.5. The van der Waals surface area contributed by atoms with E-state index in [0.29, 0.717) is 5.56 Å². The Kier molecular flexibility index (Phi) is 4.89. The van der Waals surface area contributed by atoms with Gasteiger partial charge < -0.3 is 4.42 Å². The number of carbonyl (C=O) groups excluding carboxylic acids is 1. The van der Waals surface area contributed by atoms with E-state index in [2.05, 4.69) is 15.9 Å². The number of amides is 1. The first-order chi connectivity index (χ1) is 15.6. The average Bonchev–Trinajstić information content (AvgIpc) is 3.07. The molecule has 0 saturated heterocycles. The smallest absolute Gasteiger partial charge is 0.416 e. The summed E-state index contributed by atoms with van der Waals surface area (Å²) >= 11 is 3.32. The van der Waals surface area contributed by atoms with Crippen LogP contribution in [0.4, 0.5) is 23.2 Å². The van der Waals surface area contributed by atoms with E-state index >= 15 is 0 Å². The minimum absolute atomic E-state index is 0.00829. The lowest BCUT2D eigenvalue weighted by Crippen LogP contribution is -2.29. The molecule has 1 aliphatic heterocycles. The second-order valence-corrected chi connectivity index (χ2v) is 8.41. The second kappa shape index (κ2) is 7.55. The minimum atomic E-state index is -4.63. The number of hydrogen-bond donors (Lipinski definition) is 0. The Morgan fingerprint density at radius 1 is 0.939 bits per heavy atom. The quantitative estimate of drug-likeness (QED) is 0.286. The monoisotopic (exact) mass is 517 g/mol. The Balaban J connectivity index is 1.79. The molecule has 0 fully saturated rings. The minimum Gasteiger partial charge on any atom is -0.450 e. The van der Waals surface area contributed by atoms with E-state index < -0.39 is 34.9 Å². The van der Waals surface area contributed by atoms with Crippen molar-refractivity contribution >= 4 is 38.5 Å². The summed E-state index contributed by atoms with van der Waals surface area (Å²) < 4.78 is 60.3. The van der Waals surface area contributed by atoms with Crippen molar-refractivity contribution < 1.29 is 26.8 Å². The number of benzene rings is 3. The van der Waals surface area contributed by atoms with Crippen LogP contribution in [0.5, 0.6) is 0 Å². The third-order valence-electron chi connectivity index (χ3n) is 5.47. The van der Waals surface area contributed by atoms with Gasteiger partial charge in [-0.3, -0.25) is 14.5 Å². The third-order valence-corrected chi connectivity index (χ3v) is 6.00. The van der Waals surface area contributed by atoms with Crippen LogP contribution in [0.25, 0.3) is 11.0 Å². The van der Waals surface area contributed by atoms with Gasteiger partial charge in [-0.05, 0) is 54.1 Å². The van der Waals surface area contributed by atoms with Gasteiger partial charge in [0.15, 0.2) is 5.43 Å². The number of fused-ring (bicyclic) bond motifs is 2. The molecule has 4 nitrogen and oxygen atoms in total. The number of alkyl halides is 3. The van der Waals surface area contributed by atoms with Gasteiger partial charge in [0.2, 0.25) is 5.76 Å². The molecule has 1 aliphatic rings. The molecular formula is C24H12BrF4NO3. The highest BCUT2D eigenvalue weighted by Gasteiger charge is 2.44. The summed E-state index contributed by atoms with van der Waals surface area (Å²) in [5.74, 6) is -1.71. The van der Waals surface area contributed by atoms with Crippen molar-refractivity contribution in [1.29, 1.82) is 0 Å². The number of halogens is 5. The summed E-state index contributed by atoms with van der Waals surface area (Å²) in [4.78, 5) is 27.9. The maximum atomic E-state index is 13.8. The van der Waals surface area contributed by atoms with Gasteiger partial charge in [0.05, 0.1) is 22.6 Å². The summed E-state index contributed by atoms with van der Waals surface area (Å²) in [6, 6.07) is 13.2. The van der Waals surface area contributed by atoms with Crippen molar-refractivity contribution in [1.82, 2.24) is 0 Å². The molecule has 0 bridgehead atoms. The maximum Gasteiger partial charge on any atom is 0.416 e. The van der Waals surface area contributed by atoms with Crippen LogP contribution < -0.4 is 10.3 Å². The van der Waals surface area contributed by atoms with Crippen LogP contribution in [0.1, 0.15) is 33.3 Å². The van der Waals surface area contributed by atoms with Crippen molar-refractivity contribution in [3.05, 3.63) is 110 Å². The van der Waals surface area contributed by atoms with Crippen molar-refractivity contribution in [2.45, 2.75) is 12.2 Å². The van der Waals surface area contributed by atoms with Crippen molar-refractivity contribution in [3.63, 3.8) is 0 Å². The number of anilines is 1. The van der Waals surface area contributed by atoms with Crippen LogP contribution in [0.3, 0.4) is 0 Å². The number of rotatable bonds is 2. The topological polar surface area (TPSA) is 50.5 Å². The molecule has 166 valence electrons. The van der Waals surface area contributed by atoms with Gasteiger partial charge in [-0.15, -0.1) is 0 Å². The van der Waals surface area contributed by atoms with Gasteiger partial charge in [0, 0.05) is 10.2 Å².